The molecular formula is C14H15N3O4. The number of carbonyl (C=O) groups excluding carboxylic acids is 1. The summed E-state index contributed by atoms with van der Waals surface area (Å²) in [6, 6.07) is 8.08. The Balaban J connectivity index is 1.85. The van der Waals surface area contributed by atoms with Crippen molar-refractivity contribution in [3.8, 4) is 0 Å². The van der Waals surface area contributed by atoms with Crippen molar-refractivity contribution in [1.29, 1.82) is 0 Å². The molecule has 1 aromatic carbocycles. The lowest BCUT2D eigenvalue weighted by Gasteiger charge is -2.13. The van der Waals surface area contributed by atoms with Gasteiger partial charge in [0.05, 0.1) is 6.20 Å². The number of H-pyrrole nitrogens is 1. The zero-order chi connectivity index (χ0) is 15.1. The SMILES string of the molecule is O=C(NC(Cc1cn[nH]c1)C(=O)O)OCc1ccccc1. The average Bonchev–Trinajstić information content (AvgIpc) is 2.98. The number of nitrogens with zero attached hydrogens (tertiary/aromatic N) is 1. The van der Waals surface area contributed by atoms with E-state index in [1.54, 1.807) is 6.20 Å². The van der Waals surface area contributed by atoms with E-state index in [-0.39, 0.29) is 13.0 Å². The van der Waals surface area contributed by atoms with E-state index in [0.717, 1.165) is 5.56 Å². The summed E-state index contributed by atoms with van der Waals surface area (Å²) in [5.74, 6) is -1.13. The van der Waals surface area contributed by atoms with E-state index in [1.165, 1.54) is 6.20 Å². The topological polar surface area (TPSA) is 104 Å². The average molecular weight is 289 g/mol. The number of carboxylic acids is 1. The number of aromatic amines is 1. The molecule has 1 aromatic heterocycles. The van der Waals surface area contributed by atoms with Crippen molar-refractivity contribution in [3.63, 3.8) is 0 Å². The van der Waals surface area contributed by atoms with Crippen molar-refractivity contribution in [2.45, 2.75) is 19.1 Å². The molecule has 0 bridgehead atoms. The van der Waals surface area contributed by atoms with Gasteiger partial charge in [0.25, 0.3) is 0 Å². The van der Waals surface area contributed by atoms with Gasteiger partial charge in [-0.1, -0.05) is 30.3 Å². The number of hydrogen-bond donors (Lipinski definition) is 3. The molecule has 0 aliphatic carbocycles. The molecule has 0 saturated carbocycles. The summed E-state index contributed by atoms with van der Waals surface area (Å²) < 4.78 is 4.99. The van der Waals surface area contributed by atoms with E-state index in [1.807, 2.05) is 30.3 Å². The minimum Gasteiger partial charge on any atom is -0.480 e. The quantitative estimate of drug-likeness (QED) is 0.744. The zero-order valence-corrected chi connectivity index (χ0v) is 11.2. The van der Waals surface area contributed by atoms with Gasteiger partial charge >= 0.3 is 12.1 Å². The number of carbonyl (C=O) groups is 2. The number of hydrogen-bond acceptors (Lipinski definition) is 4. The molecule has 0 spiro atoms. The third-order valence-corrected chi connectivity index (χ3v) is 2.80. The van der Waals surface area contributed by atoms with Crippen LogP contribution in [0.4, 0.5) is 4.79 Å². The minimum atomic E-state index is -1.13. The first-order chi connectivity index (χ1) is 10.1. The number of nitrogens with one attached hydrogen (secondary N) is 2. The summed E-state index contributed by atoms with van der Waals surface area (Å²) >= 11 is 0. The standard InChI is InChI=1S/C14H15N3O4/c18-13(19)12(6-11-7-15-16-8-11)17-14(20)21-9-10-4-2-1-3-5-10/h1-5,7-8,12H,6,9H2,(H,15,16)(H,17,20)(H,18,19). The minimum absolute atomic E-state index is 0.0880. The van der Waals surface area contributed by atoms with Crippen LogP contribution < -0.4 is 5.32 Å². The highest BCUT2D eigenvalue weighted by Crippen LogP contribution is 2.03. The number of carboxylic acid groups (broad SMARTS) is 1. The third kappa shape index (κ3) is 4.64. The maximum absolute atomic E-state index is 11.6. The van der Waals surface area contributed by atoms with Crippen molar-refractivity contribution in [2.75, 3.05) is 0 Å². The van der Waals surface area contributed by atoms with E-state index in [2.05, 4.69) is 15.5 Å². The number of ether oxygens (including phenoxy) is 1. The maximum atomic E-state index is 11.6. The first-order valence-corrected chi connectivity index (χ1v) is 6.33. The molecule has 0 aliphatic rings. The summed E-state index contributed by atoms with van der Waals surface area (Å²) in [5.41, 5.74) is 1.51. The molecular weight excluding hydrogens is 274 g/mol. The highest BCUT2D eigenvalue weighted by atomic mass is 16.5. The number of aromatic nitrogens is 2. The Morgan fingerprint density at radius 2 is 2.05 bits per heavy atom. The molecule has 110 valence electrons. The van der Waals surface area contributed by atoms with Gasteiger partial charge in [-0.25, -0.2) is 9.59 Å². The predicted molar refractivity (Wildman–Crippen MR) is 73.5 cm³/mol. The molecule has 2 rings (SSSR count). The van der Waals surface area contributed by atoms with Crippen molar-refractivity contribution < 1.29 is 19.4 Å². The van der Waals surface area contributed by atoms with Crippen LogP contribution in [0.1, 0.15) is 11.1 Å². The summed E-state index contributed by atoms with van der Waals surface area (Å²) in [6.45, 7) is 0.0880. The Hall–Kier alpha value is -2.83. The van der Waals surface area contributed by atoms with Crippen molar-refractivity contribution in [3.05, 3.63) is 53.9 Å². The third-order valence-electron chi connectivity index (χ3n) is 2.80. The maximum Gasteiger partial charge on any atom is 0.408 e. The molecule has 0 saturated heterocycles. The largest absolute Gasteiger partial charge is 0.480 e. The van der Waals surface area contributed by atoms with Crippen LogP contribution in [-0.4, -0.2) is 33.4 Å². The number of aliphatic carboxylic acids is 1. The first kappa shape index (κ1) is 14.6. The molecule has 1 unspecified atom stereocenters. The number of amides is 1. The van der Waals surface area contributed by atoms with E-state index in [9.17, 15) is 9.59 Å². The molecule has 0 fully saturated rings. The van der Waals surface area contributed by atoms with Gasteiger partial charge in [0.15, 0.2) is 0 Å². The fourth-order valence-corrected chi connectivity index (χ4v) is 1.73. The Kier molecular flexibility index (Phi) is 4.92. The Labute approximate surface area is 120 Å². The summed E-state index contributed by atoms with van der Waals surface area (Å²) in [6.07, 6.45) is 2.45. The van der Waals surface area contributed by atoms with Crippen molar-refractivity contribution >= 4 is 12.1 Å². The predicted octanol–water partition coefficient (Wildman–Crippen LogP) is 1.33. The molecule has 1 heterocycles. The lowest BCUT2D eigenvalue weighted by atomic mass is 10.1. The van der Waals surface area contributed by atoms with Crippen LogP contribution >= 0.6 is 0 Å². The number of rotatable bonds is 6. The molecule has 7 nitrogen and oxygen atoms in total. The van der Waals surface area contributed by atoms with Crippen LogP contribution in [0.15, 0.2) is 42.7 Å². The van der Waals surface area contributed by atoms with Gasteiger partial charge in [-0.3, -0.25) is 5.10 Å². The smallest absolute Gasteiger partial charge is 0.408 e. The molecule has 7 heteroatoms. The Morgan fingerprint density at radius 3 is 2.67 bits per heavy atom. The van der Waals surface area contributed by atoms with Gasteiger partial charge in [-0.2, -0.15) is 5.10 Å². The van der Waals surface area contributed by atoms with Crippen LogP contribution in [0.2, 0.25) is 0 Å². The summed E-state index contributed by atoms with van der Waals surface area (Å²) in [4.78, 5) is 22.8. The fourth-order valence-electron chi connectivity index (χ4n) is 1.73. The molecule has 1 amide bonds. The van der Waals surface area contributed by atoms with Crippen LogP contribution in [-0.2, 0) is 22.6 Å². The van der Waals surface area contributed by atoms with Crippen molar-refractivity contribution in [1.82, 2.24) is 15.5 Å². The Morgan fingerprint density at radius 1 is 1.29 bits per heavy atom. The van der Waals surface area contributed by atoms with Gasteiger partial charge < -0.3 is 15.2 Å². The lowest BCUT2D eigenvalue weighted by molar-refractivity contribution is -0.139. The molecule has 0 aliphatic heterocycles. The summed E-state index contributed by atoms with van der Waals surface area (Å²) in [7, 11) is 0. The lowest BCUT2D eigenvalue weighted by Crippen LogP contribution is -2.42. The molecule has 21 heavy (non-hydrogen) atoms. The highest BCUT2D eigenvalue weighted by molar-refractivity contribution is 5.80. The fraction of sp³-hybridized carbons (Fsp3) is 0.214. The zero-order valence-electron chi connectivity index (χ0n) is 11.2. The first-order valence-electron chi connectivity index (χ1n) is 6.33. The van der Waals surface area contributed by atoms with Gasteiger partial charge in [0.1, 0.15) is 12.6 Å². The van der Waals surface area contributed by atoms with Gasteiger partial charge in [0, 0.05) is 12.6 Å². The van der Waals surface area contributed by atoms with E-state index in [4.69, 9.17) is 9.84 Å². The van der Waals surface area contributed by atoms with Crippen LogP contribution in [0, 0.1) is 0 Å². The van der Waals surface area contributed by atoms with Crippen LogP contribution in [0.5, 0.6) is 0 Å². The number of alkyl carbamates (subject to hydrolysis) is 1. The van der Waals surface area contributed by atoms with Gasteiger partial charge in [-0.05, 0) is 11.1 Å². The Bertz CT molecular complexity index is 584. The summed E-state index contributed by atoms with van der Waals surface area (Å²) in [5, 5.41) is 17.7. The van der Waals surface area contributed by atoms with E-state index >= 15 is 0 Å². The van der Waals surface area contributed by atoms with Crippen LogP contribution in [0.25, 0.3) is 0 Å². The van der Waals surface area contributed by atoms with Crippen molar-refractivity contribution in [2.24, 2.45) is 0 Å². The van der Waals surface area contributed by atoms with Gasteiger partial charge in [0.2, 0.25) is 0 Å². The van der Waals surface area contributed by atoms with E-state index in [0.29, 0.717) is 5.56 Å². The number of benzene rings is 1. The second kappa shape index (κ2) is 7.09. The normalized spacial score (nSPS) is 11.6. The van der Waals surface area contributed by atoms with Crippen LogP contribution in [0.3, 0.4) is 0 Å². The second-order valence-electron chi connectivity index (χ2n) is 4.41. The second-order valence-corrected chi connectivity index (χ2v) is 4.41. The molecule has 1 atom stereocenters. The monoisotopic (exact) mass is 289 g/mol. The highest BCUT2D eigenvalue weighted by Gasteiger charge is 2.21. The molecule has 2 aromatic rings. The molecule has 3 N–H and O–H groups in total. The van der Waals surface area contributed by atoms with Gasteiger partial charge in [-0.15, -0.1) is 0 Å². The molecule has 0 radical (unpaired) electrons. The van der Waals surface area contributed by atoms with E-state index < -0.39 is 18.1 Å².